The standard InChI is InChI=1S/C22H20FN3O3S/c1-17-9-5-8-14-21(17)26(30(28,29)19-11-3-2-4-12-19)16-22(27)25-24-15-18-10-6-7-13-20(18)23/h2-15H,16H2,1H3,(H,25,27). The SMILES string of the molecule is Cc1ccccc1N(CC(=O)NN=Cc1ccccc1F)S(=O)(=O)c1ccccc1. The molecule has 3 aromatic rings. The number of carbonyl (C=O) groups is 1. The lowest BCUT2D eigenvalue weighted by atomic mass is 10.2. The third-order valence-corrected chi connectivity index (χ3v) is 6.07. The third-order valence-electron chi connectivity index (χ3n) is 4.30. The van der Waals surface area contributed by atoms with Crippen molar-refractivity contribution in [3.8, 4) is 0 Å². The molecule has 0 saturated heterocycles. The van der Waals surface area contributed by atoms with Crippen molar-refractivity contribution in [1.29, 1.82) is 0 Å². The van der Waals surface area contributed by atoms with Gasteiger partial charge in [0.25, 0.3) is 15.9 Å². The van der Waals surface area contributed by atoms with E-state index in [1.54, 1.807) is 61.5 Å². The first-order valence-electron chi connectivity index (χ1n) is 9.09. The maximum Gasteiger partial charge on any atom is 0.264 e. The van der Waals surface area contributed by atoms with Crippen LogP contribution in [0.5, 0.6) is 0 Å². The van der Waals surface area contributed by atoms with E-state index < -0.39 is 28.3 Å². The van der Waals surface area contributed by atoms with Crippen LogP contribution in [0.3, 0.4) is 0 Å². The van der Waals surface area contributed by atoms with Gasteiger partial charge in [-0.25, -0.2) is 18.2 Å². The van der Waals surface area contributed by atoms with Crippen LogP contribution in [0.15, 0.2) is 88.9 Å². The number of para-hydroxylation sites is 1. The Hall–Kier alpha value is -3.52. The summed E-state index contributed by atoms with van der Waals surface area (Å²) < 4.78 is 41.1. The van der Waals surface area contributed by atoms with Crippen LogP contribution in [0.1, 0.15) is 11.1 Å². The molecule has 154 valence electrons. The van der Waals surface area contributed by atoms with Crippen LogP contribution in [-0.2, 0) is 14.8 Å². The lowest BCUT2D eigenvalue weighted by molar-refractivity contribution is -0.119. The van der Waals surface area contributed by atoms with Crippen molar-refractivity contribution in [2.24, 2.45) is 5.10 Å². The zero-order valence-electron chi connectivity index (χ0n) is 16.2. The minimum absolute atomic E-state index is 0.0657. The minimum Gasteiger partial charge on any atom is -0.271 e. The van der Waals surface area contributed by atoms with Crippen molar-refractivity contribution in [2.45, 2.75) is 11.8 Å². The normalized spacial score (nSPS) is 11.4. The van der Waals surface area contributed by atoms with Crippen molar-refractivity contribution < 1.29 is 17.6 Å². The summed E-state index contributed by atoms with van der Waals surface area (Å²) in [6.45, 7) is 1.27. The molecule has 0 fully saturated rings. The highest BCUT2D eigenvalue weighted by atomic mass is 32.2. The summed E-state index contributed by atoms with van der Waals surface area (Å²) in [6.07, 6.45) is 1.16. The molecular weight excluding hydrogens is 405 g/mol. The number of benzene rings is 3. The molecule has 8 heteroatoms. The molecule has 0 saturated carbocycles. The molecule has 1 N–H and O–H groups in total. The van der Waals surface area contributed by atoms with Gasteiger partial charge in [0.05, 0.1) is 16.8 Å². The maximum absolute atomic E-state index is 13.6. The fraction of sp³-hybridized carbons (Fsp3) is 0.0909. The van der Waals surface area contributed by atoms with Crippen LogP contribution >= 0.6 is 0 Å². The number of anilines is 1. The van der Waals surface area contributed by atoms with E-state index in [1.807, 2.05) is 0 Å². The lowest BCUT2D eigenvalue weighted by Crippen LogP contribution is -2.40. The number of aryl methyl sites for hydroxylation is 1. The summed E-state index contributed by atoms with van der Waals surface area (Å²) in [5, 5.41) is 3.74. The zero-order valence-corrected chi connectivity index (χ0v) is 17.0. The summed E-state index contributed by atoms with van der Waals surface area (Å²) in [5.41, 5.74) is 3.54. The average Bonchev–Trinajstić information content (AvgIpc) is 2.74. The largest absolute Gasteiger partial charge is 0.271 e. The predicted octanol–water partition coefficient (Wildman–Crippen LogP) is 3.48. The van der Waals surface area contributed by atoms with Crippen LogP contribution in [0.2, 0.25) is 0 Å². The van der Waals surface area contributed by atoms with Gasteiger partial charge in [-0.3, -0.25) is 9.10 Å². The van der Waals surface area contributed by atoms with E-state index in [1.165, 1.54) is 24.3 Å². The smallest absolute Gasteiger partial charge is 0.264 e. The molecule has 0 aliphatic heterocycles. The summed E-state index contributed by atoms with van der Waals surface area (Å²) >= 11 is 0. The van der Waals surface area contributed by atoms with Gasteiger partial charge < -0.3 is 0 Å². The fourth-order valence-corrected chi connectivity index (χ4v) is 4.29. The highest BCUT2D eigenvalue weighted by Crippen LogP contribution is 2.26. The van der Waals surface area contributed by atoms with Crippen LogP contribution < -0.4 is 9.73 Å². The monoisotopic (exact) mass is 425 g/mol. The van der Waals surface area contributed by atoms with Crippen LogP contribution in [-0.4, -0.2) is 27.1 Å². The quantitative estimate of drug-likeness (QED) is 0.465. The maximum atomic E-state index is 13.6. The van der Waals surface area contributed by atoms with Crippen molar-refractivity contribution >= 4 is 27.8 Å². The zero-order chi connectivity index (χ0) is 21.6. The molecule has 0 radical (unpaired) electrons. The summed E-state index contributed by atoms with van der Waals surface area (Å²) in [5.74, 6) is -1.14. The molecule has 30 heavy (non-hydrogen) atoms. The van der Waals surface area contributed by atoms with E-state index in [9.17, 15) is 17.6 Å². The summed E-state index contributed by atoms with van der Waals surface area (Å²) in [4.78, 5) is 12.5. The van der Waals surface area contributed by atoms with E-state index in [0.29, 0.717) is 11.3 Å². The van der Waals surface area contributed by atoms with Gasteiger partial charge in [0.2, 0.25) is 0 Å². The second kappa shape index (κ2) is 9.32. The van der Waals surface area contributed by atoms with Crippen molar-refractivity contribution in [3.63, 3.8) is 0 Å². The Morgan fingerprint density at radius 1 is 1.00 bits per heavy atom. The first-order chi connectivity index (χ1) is 14.4. The number of sulfonamides is 1. The van der Waals surface area contributed by atoms with E-state index >= 15 is 0 Å². The van der Waals surface area contributed by atoms with Gasteiger partial charge in [-0.15, -0.1) is 0 Å². The second-order valence-corrected chi connectivity index (χ2v) is 8.29. The number of carbonyl (C=O) groups excluding carboxylic acids is 1. The average molecular weight is 425 g/mol. The molecule has 3 rings (SSSR count). The number of hydrogen-bond acceptors (Lipinski definition) is 4. The first kappa shape index (κ1) is 21.2. The van der Waals surface area contributed by atoms with Crippen molar-refractivity contribution in [3.05, 3.63) is 95.8 Å². The van der Waals surface area contributed by atoms with E-state index in [2.05, 4.69) is 10.5 Å². The fourth-order valence-electron chi connectivity index (χ4n) is 2.78. The molecule has 0 bridgehead atoms. The Morgan fingerprint density at radius 2 is 1.63 bits per heavy atom. The molecule has 3 aromatic carbocycles. The molecular formula is C22H20FN3O3S. The molecule has 0 unspecified atom stereocenters. The summed E-state index contributed by atoms with van der Waals surface area (Å²) in [6, 6.07) is 20.7. The number of nitrogens with one attached hydrogen (secondary N) is 1. The van der Waals surface area contributed by atoms with Gasteiger partial charge in [0, 0.05) is 5.56 Å². The highest BCUT2D eigenvalue weighted by Gasteiger charge is 2.27. The van der Waals surface area contributed by atoms with Crippen molar-refractivity contribution in [2.75, 3.05) is 10.8 Å². The third kappa shape index (κ3) is 4.90. The molecule has 6 nitrogen and oxygen atoms in total. The summed E-state index contributed by atoms with van der Waals surface area (Å²) in [7, 11) is -3.99. The van der Waals surface area contributed by atoms with Gasteiger partial charge in [-0.2, -0.15) is 5.10 Å². The van der Waals surface area contributed by atoms with Crippen LogP contribution in [0.25, 0.3) is 0 Å². The Kier molecular flexibility index (Phi) is 6.58. The molecule has 0 atom stereocenters. The van der Waals surface area contributed by atoms with Gasteiger partial charge in [0.1, 0.15) is 12.4 Å². The lowest BCUT2D eigenvalue weighted by Gasteiger charge is -2.25. The highest BCUT2D eigenvalue weighted by molar-refractivity contribution is 7.92. The molecule has 0 heterocycles. The predicted molar refractivity (Wildman–Crippen MR) is 114 cm³/mol. The van der Waals surface area contributed by atoms with Gasteiger partial charge in [-0.05, 0) is 36.8 Å². The first-order valence-corrected chi connectivity index (χ1v) is 10.5. The van der Waals surface area contributed by atoms with Gasteiger partial charge in [0.15, 0.2) is 0 Å². The molecule has 0 spiro atoms. The molecule has 0 aliphatic carbocycles. The Balaban J connectivity index is 1.85. The van der Waals surface area contributed by atoms with E-state index in [-0.39, 0.29) is 10.5 Å². The van der Waals surface area contributed by atoms with Crippen molar-refractivity contribution in [1.82, 2.24) is 5.43 Å². The number of nitrogens with zero attached hydrogens (tertiary/aromatic N) is 2. The second-order valence-electron chi connectivity index (χ2n) is 6.43. The topological polar surface area (TPSA) is 78.8 Å². The van der Waals surface area contributed by atoms with Gasteiger partial charge in [-0.1, -0.05) is 54.6 Å². The van der Waals surface area contributed by atoms with E-state index in [4.69, 9.17) is 0 Å². The number of halogens is 1. The van der Waals surface area contributed by atoms with Crippen LogP contribution in [0, 0.1) is 12.7 Å². The number of hydrogen-bond donors (Lipinski definition) is 1. The number of amides is 1. The Labute approximate surface area is 174 Å². The number of hydrazone groups is 1. The minimum atomic E-state index is -3.99. The van der Waals surface area contributed by atoms with Crippen LogP contribution in [0.4, 0.5) is 10.1 Å². The Morgan fingerprint density at radius 3 is 2.33 bits per heavy atom. The van der Waals surface area contributed by atoms with Gasteiger partial charge >= 0.3 is 0 Å². The number of rotatable bonds is 7. The Bertz CT molecular complexity index is 1170. The molecule has 1 amide bonds. The molecule has 0 aromatic heterocycles. The molecule has 0 aliphatic rings. The van der Waals surface area contributed by atoms with E-state index in [0.717, 1.165) is 10.5 Å².